The number of para-hydroxylation sites is 3. The molecule has 0 radical (unpaired) electrons. The molecule has 0 aliphatic heterocycles. The van der Waals surface area contributed by atoms with Crippen LogP contribution in [0.5, 0.6) is 0 Å². The predicted molar refractivity (Wildman–Crippen MR) is 210 cm³/mol. The molecule has 0 saturated carbocycles. The average Bonchev–Trinajstić information content (AvgIpc) is 3.78. The fraction of sp³-hybridized carbons (Fsp3) is 0.0625. The van der Waals surface area contributed by atoms with Gasteiger partial charge in [0.2, 0.25) is 0 Å². The molecule has 0 unspecified atom stereocenters. The minimum absolute atomic E-state index is 0.00111. The van der Waals surface area contributed by atoms with Crippen LogP contribution in [0.3, 0.4) is 0 Å². The second kappa shape index (κ2) is 10.9. The van der Waals surface area contributed by atoms with Crippen molar-refractivity contribution in [3.05, 3.63) is 181 Å². The summed E-state index contributed by atoms with van der Waals surface area (Å²) in [6.45, 7) is -5.80. The molecule has 9 aromatic rings. The van der Waals surface area contributed by atoms with Crippen molar-refractivity contribution in [1.29, 1.82) is 0 Å². The maximum atomic E-state index is 8.87. The highest BCUT2D eigenvalue weighted by Crippen LogP contribution is 2.51. The van der Waals surface area contributed by atoms with Crippen LogP contribution in [0.1, 0.15) is 39.9 Å². The molecule has 2 nitrogen and oxygen atoms in total. The fourth-order valence-corrected chi connectivity index (χ4v) is 7.80. The Hall–Kier alpha value is -6.25. The van der Waals surface area contributed by atoms with E-state index in [2.05, 4.69) is 0 Å². The smallest absolute Gasteiger partial charge is 0.145 e. The maximum absolute atomic E-state index is 8.87. The zero-order chi connectivity index (χ0) is 42.7. The van der Waals surface area contributed by atoms with Gasteiger partial charge in [0.1, 0.15) is 5.82 Å². The molecule has 0 saturated heterocycles. The summed E-state index contributed by atoms with van der Waals surface area (Å²) >= 11 is 0. The third-order valence-corrected chi connectivity index (χ3v) is 9.95. The van der Waals surface area contributed by atoms with Gasteiger partial charge in [0.05, 0.1) is 17.9 Å². The van der Waals surface area contributed by atoms with Crippen molar-refractivity contribution in [2.45, 2.75) is 19.1 Å². The van der Waals surface area contributed by atoms with E-state index in [0.29, 0.717) is 39.1 Å². The summed E-state index contributed by atoms with van der Waals surface area (Å²) in [7, 11) is 0. The van der Waals surface area contributed by atoms with Gasteiger partial charge in [0, 0.05) is 24.9 Å². The summed E-state index contributed by atoms with van der Waals surface area (Å²) in [4.78, 5) is 4.97. The van der Waals surface area contributed by atoms with Crippen molar-refractivity contribution in [2.75, 3.05) is 0 Å². The maximum Gasteiger partial charge on any atom is 0.145 e. The highest BCUT2D eigenvalue weighted by Gasteiger charge is 2.35. The first-order valence-electron chi connectivity index (χ1n) is 22.0. The Morgan fingerprint density at radius 3 is 1.86 bits per heavy atom. The monoisotopic (exact) mass is 649 g/mol. The molecule has 0 N–H and O–H groups in total. The van der Waals surface area contributed by atoms with E-state index in [0.717, 1.165) is 38.2 Å². The first-order chi connectivity index (χ1) is 29.1. The highest BCUT2D eigenvalue weighted by molar-refractivity contribution is 6.21. The summed E-state index contributed by atoms with van der Waals surface area (Å²) in [5, 5.41) is 3.54. The van der Waals surface area contributed by atoms with Crippen LogP contribution in [0.4, 0.5) is 0 Å². The van der Waals surface area contributed by atoms with Crippen molar-refractivity contribution in [3.8, 4) is 50.5 Å². The molecule has 0 bridgehead atoms. The van der Waals surface area contributed by atoms with E-state index in [-0.39, 0.29) is 28.9 Å². The third kappa shape index (κ3) is 4.18. The second-order valence-electron chi connectivity index (χ2n) is 12.7. The molecule has 236 valence electrons. The van der Waals surface area contributed by atoms with Gasteiger partial charge >= 0.3 is 0 Å². The number of aromatic nitrogens is 2. The molecule has 1 aromatic heterocycles. The molecular weight excluding hydrogens is 605 g/mol. The molecule has 1 aliphatic rings. The van der Waals surface area contributed by atoms with Gasteiger partial charge in [-0.25, -0.2) is 4.98 Å². The van der Waals surface area contributed by atoms with Crippen LogP contribution in [0.25, 0.3) is 83.0 Å². The Balaban J connectivity index is 1.22. The molecule has 0 fully saturated rings. The largest absolute Gasteiger partial charge is 0.292 e. The highest BCUT2D eigenvalue weighted by atomic mass is 15.1. The second-order valence-corrected chi connectivity index (χ2v) is 12.7. The molecule has 0 atom stereocenters. The number of imidazole rings is 1. The van der Waals surface area contributed by atoms with E-state index in [4.69, 9.17) is 20.1 Å². The first kappa shape index (κ1) is 19.7. The van der Waals surface area contributed by atoms with Crippen LogP contribution in [0.2, 0.25) is 0 Å². The quantitative estimate of drug-likeness (QED) is 0.174. The van der Waals surface area contributed by atoms with Crippen LogP contribution in [0, 0.1) is 0 Å². The van der Waals surface area contributed by atoms with Crippen LogP contribution in [0.15, 0.2) is 170 Å². The predicted octanol–water partition coefficient (Wildman–Crippen LogP) is 12.6. The first-order valence-corrected chi connectivity index (χ1v) is 16.5. The van der Waals surface area contributed by atoms with Gasteiger partial charge < -0.3 is 0 Å². The Labute approximate surface area is 307 Å². The third-order valence-electron chi connectivity index (χ3n) is 9.95. The van der Waals surface area contributed by atoms with Crippen molar-refractivity contribution in [2.24, 2.45) is 0 Å². The molecule has 10 rings (SSSR count). The summed E-state index contributed by atoms with van der Waals surface area (Å²) in [6, 6.07) is 41.4. The number of rotatable bonds is 4. The number of fused-ring (bicyclic) bond motifs is 6. The Morgan fingerprint density at radius 2 is 1.14 bits per heavy atom. The molecule has 1 heterocycles. The van der Waals surface area contributed by atoms with Crippen molar-refractivity contribution in [1.82, 2.24) is 9.55 Å². The Kier molecular flexibility index (Phi) is 4.28. The minimum atomic E-state index is -2.90. The van der Waals surface area contributed by atoms with Gasteiger partial charge in [-0.3, -0.25) is 4.57 Å². The molecule has 8 aromatic carbocycles. The van der Waals surface area contributed by atoms with E-state index in [1.54, 1.807) is 34.9 Å². The van der Waals surface area contributed by atoms with E-state index < -0.39 is 37.2 Å². The lowest BCUT2D eigenvalue weighted by Gasteiger charge is -2.23. The van der Waals surface area contributed by atoms with Crippen LogP contribution >= 0.6 is 0 Å². The van der Waals surface area contributed by atoms with E-state index in [1.165, 1.54) is 0 Å². The Bertz CT molecular complexity index is 3210. The van der Waals surface area contributed by atoms with Gasteiger partial charge in [-0.2, -0.15) is 0 Å². The SMILES string of the molecule is [2H]c1c([2H])c([2H])c(-n2c(-c3cccc(-c4c5ccccc5c(-c5ccc6c(c5)C(C([2H])([2H])[2H])(C([2H])([2H])[2H])c5ccccc5-6)c5ccccc45)c3)nc3ccccc32)c([2H])c1[2H]. The van der Waals surface area contributed by atoms with Crippen LogP contribution < -0.4 is 0 Å². The lowest BCUT2D eigenvalue weighted by molar-refractivity contribution is 0.660. The normalized spacial score (nSPS) is 16.8. The lowest BCUT2D eigenvalue weighted by Crippen LogP contribution is -2.14. The molecule has 2 heteroatoms. The average molecular weight is 650 g/mol. The van der Waals surface area contributed by atoms with E-state index in [1.807, 2.05) is 109 Å². The zero-order valence-electron chi connectivity index (χ0n) is 37.7. The number of hydrogen-bond donors (Lipinski definition) is 0. The van der Waals surface area contributed by atoms with Gasteiger partial charge in [-0.1, -0.05) is 147 Å². The van der Waals surface area contributed by atoms with Crippen molar-refractivity contribution < 1.29 is 15.1 Å². The molecule has 1 aliphatic carbocycles. The van der Waals surface area contributed by atoms with E-state index in [9.17, 15) is 0 Å². The standard InChI is InChI=1S/C48H34N2/c1-48(2)41-24-11-10-19-35(41)36-28-27-32(30-42(36)48)46-39-22-8-6-20-37(39)45(38-21-7-9-23-40(38)46)31-15-14-16-33(29-31)47-49-43-25-12-13-26-44(43)50(47)34-17-4-3-5-18-34/h3-30H,1-2H3/i1D3,2D3,3D,4D,5D,17D,18D. The van der Waals surface area contributed by atoms with Gasteiger partial charge in [0.15, 0.2) is 0 Å². The van der Waals surface area contributed by atoms with Crippen LogP contribution in [-0.4, -0.2) is 9.55 Å². The molecule has 50 heavy (non-hydrogen) atoms. The summed E-state index contributed by atoms with van der Waals surface area (Å²) in [5.74, 6) is 0.401. The molecular formula is C48H34N2. The molecule has 0 amide bonds. The van der Waals surface area contributed by atoms with Gasteiger partial charge in [-0.15, -0.1) is 0 Å². The minimum Gasteiger partial charge on any atom is -0.292 e. The summed E-state index contributed by atoms with van der Waals surface area (Å²) in [5.41, 5.74) is 4.55. The summed E-state index contributed by atoms with van der Waals surface area (Å²) in [6.07, 6.45) is 0. The van der Waals surface area contributed by atoms with Crippen molar-refractivity contribution >= 4 is 32.6 Å². The number of nitrogens with zero attached hydrogens (tertiary/aromatic N) is 2. The van der Waals surface area contributed by atoms with Gasteiger partial charge in [-0.05, 0) is 102 Å². The zero-order valence-corrected chi connectivity index (χ0v) is 26.7. The number of benzene rings is 8. The van der Waals surface area contributed by atoms with Crippen LogP contribution in [-0.2, 0) is 5.41 Å². The van der Waals surface area contributed by atoms with E-state index >= 15 is 0 Å². The number of hydrogen-bond acceptors (Lipinski definition) is 1. The van der Waals surface area contributed by atoms with Gasteiger partial charge in [0.25, 0.3) is 0 Å². The topological polar surface area (TPSA) is 17.8 Å². The summed E-state index contributed by atoms with van der Waals surface area (Å²) < 4.78 is 97.3. The fourth-order valence-electron chi connectivity index (χ4n) is 7.80. The Morgan fingerprint density at radius 1 is 0.540 bits per heavy atom. The van der Waals surface area contributed by atoms with Crippen molar-refractivity contribution in [3.63, 3.8) is 0 Å². The lowest BCUT2D eigenvalue weighted by atomic mass is 9.80. The molecule has 0 spiro atoms.